The number of carbonyl (C=O) groups is 1. The number of nitrogens with zero attached hydrogens (tertiary/aromatic N) is 2. The molecule has 0 atom stereocenters. The molecule has 0 radical (unpaired) electrons. The second kappa shape index (κ2) is 8.22. The van der Waals surface area contributed by atoms with Crippen LogP contribution in [0, 0.1) is 0 Å². The highest BCUT2D eigenvalue weighted by Gasteiger charge is 2.27. The number of carbonyl (C=O) groups excluding carboxylic acids is 1. The second-order valence-corrected chi connectivity index (χ2v) is 7.16. The van der Waals surface area contributed by atoms with Gasteiger partial charge in [-0.05, 0) is 23.8 Å². The monoisotopic (exact) mass is 413 g/mol. The summed E-state index contributed by atoms with van der Waals surface area (Å²) in [5.74, 6) is -0.865. The molecule has 1 heterocycles. The van der Waals surface area contributed by atoms with Crippen molar-refractivity contribution in [3.63, 3.8) is 0 Å². The van der Waals surface area contributed by atoms with E-state index in [1.807, 2.05) is 46.3 Å². The summed E-state index contributed by atoms with van der Waals surface area (Å²) in [4.78, 5) is 16.2. The van der Waals surface area contributed by atoms with E-state index >= 15 is 0 Å². The topological polar surface area (TPSA) is 46.9 Å². The number of hydrogen-bond donors (Lipinski definition) is 1. The fraction of sp³-hybridized carbons (Fsp3) is 0.222. The molecular formula is C18H15ClF3N3OS. The summed E-state index contributed by atoms with van der Waals surface area (Å²) in [5, 5.41) is 2.94. The van der Waals surface area contributed by atoms with Crippen molar-refractivity contribution in [3.8, 4) is 0 Å². The molecule has 2 aromatic carbocycles. The van der Waals surface area contributed by atoms with Crippen molar-refractivity contribution < 1.29 is 18.0 Å². The molecule has 0 unspecified atom stereocenters. The fourth-order valence-electron chi connectivity index (χ4n) is 2.49. The minimum absolute atomic E-state index is 0.165. The zero-order valence-corrected chi connectivity index (χ0v) is 15.5. The van der Waals surface area contributed by atoms with E-state index in [0.29, 0.717) is 22.2 Å². The number of rotatable bonds is 6. The number of halogens is 4. The summed E-state index contributed by atoms with van der Waals surface area (Å²) < 4.78 is 38.6. The quantitative estimate of drug-likeness (QED) is 0.605. The first kappa shape index (κ1) is 19.6. The second-order valence-electron chi connectivity index (χ2n) is 5.78. The van der Waals surface area contributed by atoms with Crippen LogP contribution in [0.3, 0.4) is 0 Å². The van der Waals surface area contributed by atoms with E-state index in [9.17, 15) is 18.0 Å². The van der Waals surface area contributed by atoms with Gasteiger partial charge in [0.15, 0.2) is 5.16 Å². The van der Waals surface area contributed by atoms with Gasteiger partial charge in [0.2, 0.25) is 5.91 Å². The number of nitrogens with one attached hydrogen (secondary N) is 1. The Morgan fingerprint density at radius 3 is 2.63 bits per heavy atom. The molecule has 0 aliphatic heterocycles. The lowest BCUT2D eigenvalue weighted by Gasteiger charge is -2.10. The lowest BCUT2D eigenvalue weighted by atomic mass is 10.2. The minimum atomic E-state index is -4.43. The average Bonchev–Trinajstić information content (AvgIpc) is 2.95. The smallest absolute Gasteiger partial charge is 0.346 e. The fourth-order valence-corrected chi connectivity index (χ4v) is 3.50. The Balaban J connectivity index is 1.81. The molecule has 0 saturated heterocycles. The van der Waals surface area contributed by atoms with Crippen molar-refractivity contribution in [2.24, 2.45) is 0 Å². The normalized spacial score (nSPS) is 11.7. The van der Waals surface area contributed by atoms with Crippen molar-refractivity contribution in [2.45, 2.75) is 17.9 Å². The first-order valence-corrected chi connectivity index (χ1v) is 9.34. The Hall–Kier alpha value is -2.19. The maximum atomic E-state index is 12.2. The number of hydrogen-bond acceptors (Lipinski definition) is 3. The molecule has 0 saturated carbocycles. The molecule has 27 heavy (non-hydrogen) atoms. The van der Waals surface area contributed by atoms with Gasteiger partial charge < -0.3 is 9.88 Å². The number of alkyl halides is 3. The third kappa shape index (κ3) is 5.40. The Bertz CT molecular complexity index is 944. The predicted molar refractivity (Wildman–Crippen MR) is 100 cm³/mol. The standard InChI is InChI=1S/C18H15ClF3N3OS/c19-13-6-7-15-14(8-13)24-17(25(15)9-12-4-2-1-3-5-12)27-10-16(26)23-11-18(20,21)22/h1-8H,9-11H2,(H,23,26). The van der Waals surface area contributed by atoms with E-state index in [2.05, 4.69) is 4.98 Å². The van der Waals surface area contributed by atoms with Gasteiger partial charge in [-0.2, -0.15) is 13.2 Å². The highest BCUT2D eigenvalue weighted by molar-refractivity contribution is 7.99. The van der Waals surface area contributed by atoms with E-state index in [-0.39, 0.29) is 5.75 Å². The van der Waals surface area contributed by atoms with Crippen LogP contribution in [0.4, 0.5) is 13.2 Å². The van der Waals surface area contributed by atoms with E-state index in [0.717, 1.165) is 22.8 Å². The Kier molecular flexibility index (Phi) is 5.96. The van der Waals surface area contributed by atoms with Gasteiger partial charge in [0.25, 0.3) is 0 Å². The third-order valence-electron chi connectivity index (χ3n) is 3.68. The van der Waals surface area contributed by atoms with Gasteiger partial charge in [0, 0.05) is 5.02 Å². The molecule has 3 aromatic rings. The maximum Gasteiger partial charge on any atom is 0.405 e. The highest BCUT2D eigenvalue weighted by atomic mass is 35.5. The summed E-state index contributed by atoms with van der Waals surface area (Å²) in [7, 11) is 0. The molecule has 0 bridgehead atoms. The largest absolute Gasteiger partial charge is 0.405 e. The van der Waals surface area contributed by atoms with Crippen molar-refractivity contribution in [2.75, 3.05) is 12.3 Å². The van der Waals surface area contributed by atoms with Crippen LogP contribution in [-0.4, -0.2) is 33.9 Å². The Labute approximate surface area is 162 Å². The lowest BCUT2D eigenvalue weighted by molar-refractivity contribution is -0.136. The van der Waals surface area contributed by atoms with Gasteiger partial charge in [-0.25, -0.2) is 4.98 Å². The molecular weight excluding hydrogens is 399 g/mol. The van der Waals surface area contributed by atoms with Crippen molar-refractivity contribution in [1.82, 2.24) is 14.9 Å². The molecule has 1 N–H and O–H groups in total. The highest BCUT2D eigenvalue weighted by Crippen LogP contribution is 2.27. The first-order valence-electron chi connectivity index (χ1n) is 7.98. The maximum absolute atomic E-state index is 12.2. The van der Waals surface area contributed by atoms with Gasteiger partial charge in [-0.3, -0.25) is 4.79 Å². The molecule has 3 rings (SSSR count). The molecule has 4 nitrogen and oxygen atoms in total. The van der Waals surface area contributed by atoms with Gasteiger partial charge in [0.1, 0.15) is 6.54 Å². The summed E-state index contributed by atoms with van der Waals surface area (Å²) >= 11 is 7.11. The summed E-state index contributed by atoms with van der Waals surface area (Å²) in [6, 6.07) is 15.0. The molecule has 1 amide bonds. The number of thioether (sulfide) groups is 1. The van der Waals surface area contributed by atoms with Crippen LogP contribution in [0.5, 0.6) is 0 Å². The van der Waals surface area contributed by atoms with Crippen LogP contribution < -0.4 is 5.32 Å². The Morgan fingerprint density at radius 2 is 1.93 bits per heavy atom. The van der Waals surface area contributed by atoms with E-state index < -0.39 is 18.6 Å². The van der Waals surface area contributed by atoms with Crippen LogP contribution in [0.15, 0.2) is 53.7 Å². The Morgan fingerprint density at radius 1 is 1.19 bits per heavy atom. The van der Waals surface area contributed by atoms with Crippen LogP contribution in [0.25, 0.3) is 11.0 Å². The summed E-state index contributed by atoms with van der Waals surface area (Å²) in [6.07, 6.45) is -4.43. The third-order valence-corrected chi connectivity index (χ3v) is 4.89. The van der Waals surface area contributed by atoms with Gasteiger partial charge >= 0.3 is 6.18 Å². The molecule has 9 heteroatoms. The predicted octanol–water partition coefficient (Wildman–Crippen LogP) is 4.51. The van der Waals surface area contributed by atoms with E-state index in [4.69, 9.17) is 11.6 Å². The van der Waals surface area contributed by atoms with Gasteiger partial charge in [-0.1, -0.05) is 53.7 Å². The zero-order valence-electron chi connectivity index (χ0n) is 14.0. The van der Waals surface area contributed by atoms with Crippen LogP contribution in [-0.2, 0) is 11.3 Å². The number of fused-ring (bicyclic) bond motifs is 1. The zero-order chi connectivity index (χ0) is 19.4. The molecule has 0 fully saturated rings. The van der Waals surface area contributed by atoms with Gasteiger partial charge in [-0.15, -0.1) is 0 Å². The van der Waals surface area contributed by atoms with Crippen molar-refractivity contribution >= 4 is 40.3 Å². The SMILES string of the molecule is O=C(CSc1nc2cc(Cl)ccc2n1Cc1ccccc1)NCC(F)(F)F. The average molecular weight is 414 g/mol. The molecule has 1 aromatic heterocycles. The van der Waals surface area contributed by atoms with Crippen LogP contribution in [0.2, 0.25) is 5.02 Å². The first-order chi connectivity index (χ1) is 12.8. The summed E-state index contributed by atoms with van der Waals surface area (Å²) in [5.41, 5.74) is 2.54. The number of amides is 1. The number of aromatic nitrogens is 2. The molecule has 0 aliphatic carbocycles. The van der Waals surface area contributed by atoms with Crippen molar-refractivity contribution in [1.29, 1.82) is 0 Å². The molecule has 0 aliphatic rings. The minimum Gasteiger partial charge on any atom is -0.346 e. The summed E-state index contributed by atoms with van der Waals surface area (Å²) in [6.45, 7) is -0.825. The molecule has 142 valence electrons. The van der Waals surface area contributed by atoms with E-state index in [1.54, 1.807) is 12.1 Å². The van der Waals surface area contributed by atoms with Crippen LogP contribution >= 0.6 is 23.4 Å². The van der Waals surface area contributed by atoms with Gasteiger partial charge in [0.05, 0.1) is 23.3 Å². The number of benzene rings is 2. The van der Waals surface area contributed by atoms with Crippen LogP contribution in [0.1, 0.15) is 5.56 Å². The van der Waals surface area contributed by atoms with Crippen molar-refractivity contribution in [3.05, 3.63) is 59.1 Å². The molecule has 0 spiro atoms. The number of imidazole rings is 1. The lowest BCUT2D eigenvalue weighted by Crippen LogP contribution is -2.34. The van der Waals surface area contributed by atoms with E-state index in [1.165, 1.54) is 0 Å².